The predicted molar refractivity (Wildman–Crippen MR) is 97.0 cm³/mol. The van der Waals surface area contributed by atoms with Gasteiger partial charge in [0.25, 0.3) is 6.35 Å². The van der Waals surface area contributed by atoms with Crippen molar-refractivity contribution < 1.29 is 14.2 Å². The van der Waals surface area contributed by atoms with Gasteiger partial charge in [-0.05, 0) is 36.4 Å². The van der Waals surface area contributed by atoms with Gasteiger partial charge in [0.05, 0.1) is 20.3 Å². The van der Waals surface area contributed by atoms with Crippen LogP contribution >= 0.6 is 15.9 Å². The number of aliphatic imine (C=N–C) groups is 1. The maximum atomic E-state index is 6.04. The van der Waals surface area contributed by atoms with E-state index >= 15 is 0 Å². The first kappa shape index (κ1) is 16.4. The second kappa shape index (κ2) is 7.40. The lowest BCUT2D eigenvalue weighted by atomic mass is 10.3. The van der Waals surface area contributed by atoms with Gasteiger partial charge in [-0.1, -0.05) is 34.1 Å². The Morgan fingerprint density at radius 1 is 0.958 bits per heavy atom. The van der Waals surface area contributed by atoms with Gasteiger partial charge in [0.15, 0.2) is 0 Å². The summed E-state index contributed by atoms with van der Waals surface area (Å²) in [6, 6.07) is 17.4. The Bertz CT molecular complexity index is 745. The molecule has 3 rings (SSSR count). The molecule has 5 nitrogen and oxygen atoms in total. The maximum absolute atomic E-state index is 6.04. The lowest BCUT2D eigenvalue weighted by Gasteiger charge is -2.34. The van der Waals surface area contributed by atoms with Gasteiger partial charge in [-0.25, -0.2) is 0 Å². The third kappa shape index (κ3) is 3.54. The molecule has 0 saturated heterocycles. The van der Waals surface area contributed by atoms with Crippen molar-refractivity contribution in [3.63, 3.8) is 0 Å². The molecule has 1 aliphatic rings. The molecule has 0 spiro atoms. The van der Waals surface area contributed by atoms with E-state index in [0.29, 0.717) is 17.5 Å². The van der Waals surface area contributed by atoms with Gasteiger partial charge in [-0.2, -0.15) is 4.99 Å². The molecule has 2 aromatic carbocycles. The third-order valence-corrected chi connectivity index (χ3v) is 3.98. The van der Waals surface area contributed by atoms with Crippen molar-refractivity contribution in [2.24, 2.45) is 4.99 Å². The summed E-state index contributed by atoms with van der Waals surface area (Å²) in [5, 5.41) is 0. The smallest absolute Gasteiger partial charge is 0.280 e. The van der Waals surface area contributed by atoms with Crippen molar-refractivity contribution in [1.82, 2.24) is 0 Å². The highest BCUT2D eigenvalue weighted by Crippen LogP contribution is 2.29. The zero-order valence-electron chi connectivity index (χ0n) is 13.3. The van der Waals surface area contributed by atoms with Crippen LogP contribution in [0.2, 0.25) is 0 Å². The maximum Gasteiger partial charge on any atom is 0.280 e. The van der Waals surface area contributed by atoms with Gasteiger partial charge in [0, 0.05) is 10.2 Å². The minimum Gasteiger partial charge on any atom is -0.482 e. The fourth-order valence-electron chi connectivity index (χ4n) is 2.31. The number of nitrogens with zero attached hydrogens (tertiary/aromatic N) is 2. The number of benzene rings is 2. The van der Waals surface area contributed by atoms with Gasteiger partial charge >= 0.3 is 0 Å². The summed E-state index contributed by atoms with van der Waals surface area (Å²) < 4.78 is 17.8. The van der Waals surface area contributed by atoms with E-state index in [0.717, 1.165) is 10.2 Å². The standard InChI is InChI=1S/C18H17BrN2O3/c1-22-16-12-17(23-2)21(14-10-8-13(19)9-11-14)18(20-16)24-15-6-4-3-5-7-15/h3-12,18H,1-2H3. The zero-order valence-corrected chi connectivity index (χ0v) is 14.9. The van der Waals surface area contributed by atoms with Crippen LogP contribution in [0, 0.1) is 0 Å². The minimum absolute atomic E-state index is 0.446. The molecule has 0 N–H and O–H groups in total. The van der Waals surface area contributed by atoms with E-state index in [1.165, 1.54) is 0 Å². The lowest BCUT2D eigenvalue weighted by molar-refractivity contribution is 0.170. The van der Waals surface area contributed by atoms with Crippen LogP contribution < -0.4 is 9.64 Å². The molecule has 124 valence electrons. The summed E-state index contributed by atoms with van der Waals surface area (Å²) in [5.41, 5.74) is 0.895. The molecule has 0 fully saturated rings. The summed E-state index contributed by atoms with van der Waals surface area (Å²) in [5.74, 6) is 1.74. The fourth-order valence-corrected chi connectivity index (χ4v) is 2.58. The first-order chi connectivity index (χ1) is 11.7. The Kier molecular flexibility index (Phi) is 5.05. The number of rotatable bonds is 4. The monoisotopic (exact) mass is 388 g/mol. The first-order valence-corrected chi connectivity index (χ1v) is 8.14. The number of ether oxygens (including phenoxy) is 3. The molecule has 1 heterocycles. The largest absolute Gasteiger partial charge is 0.482 e. The molecule has 0 saturated carbocycles. The Balaban J connectivity index is 1.98. The highest BCUT2D eigenvalue weighted by molar-refractivity contribution is 9.10. The van der Waals surface area contributed by atoms with Crippen molar-refractivity contribution in [1.29, 1.82) is 0 Å². The highest BCUT2D eigenvalue weighted by atomic mass is 79.9. The summed E-state index contributed by atoms with van der Waals surface area (Å²) in [6.45, 7) is 0. The molecule has 0 bridgehead atoms. The average Bonchev–Trinajstić information content (AvgIpc) is 2.63. The Morgan fingerprint density at radius 3 is 2.29 bits per heavy atom. The summed E-state index contributed by atoms with van der Waals surface area (Å²) in [4.78, 5) is 6.37. The van der Waals surface area contributed by atoms with E-state index in [2.05, 4.69) is 20.9 Å². The number of hydrogen-bond acceptors (Lipinski definition) is 5. The van der Waals surface area contributed by atoms with Crippen molar-refractivity contribution in [3.05, 3.63) is 71.0 Å². The second-order valence-corrected chi connectivity index (χ2v) is 5.88. The topological polar surface area (TPSA) is 43.3 Å². The van der Waals surface area contributed by atoms with Crippen molar-refractivity contribution in [2.75, 3.05) is 19.1 Å². The minimum atomic E-state index is -0.636. The highest BCUT2D eigenvalue weighted by Gasteiger charge is 2.29. The van der Waals surface area contributed by atoms with E-state index in [4.69, 9.17) is 14.2 Å². The predicted octanol–water partition coefficient (Wildman–Crippen LogP) is 4.16. The van der Waals surface area contributed by atoms with E-state index in [1.54, 1.807) is 20.3 Å². The Morgan fingerprint density at radius 2 is 1.67 bits per heavy atom. The molecular weight excluding hydrogens is 372 g/mol. The number of halogens is 1. The van der Waals surface area contributed by atoms with Gasteiger partial charge in [-0.3, -0.25) is 4.90 Å². The van der Waals surface area contributed by atoms with Gasteiger partial charge in [0.2, 0.25) is 11.8 Å². The fraction of sp³-hybridized carbons (Fsp3) is 0.167. The molecule has 6 heteroatoms. The molecule has 0 radical (unpaired) electrons. The van der Waals surface area contributed by atoms with Crippen LogP contribution in [0.25, 0.3) is 0 Å². The summed E-state index contributed by atoms with van der Waals surface area (Å²) in [7, 11) is 3.17. The van der Waals surface area contributed by atoms with Crippen LogP contribution in [0.1, 0.15) is 0 Å². The quantitative estimate of drug-likeness (QED) is 0.788. The molecule has 0 aliphatic carbocycles. The van der Waals surface area contributed by atoms with E-state index in [-0.39, 0.29) is 0 Å². The second-order valence-electron chi connectivity index (χ2n) is 4.96. The molecule has 1 unspecified atom stereocenters. The Hall–Kier alpha value is -2.47. The average molecular weight is 389 g/mol. The van der Waals surface area contributed by atoms with Gasteiger partial charge < -0.3 is 14.2 Å². The number of para-hydroxylation sites is 1. The van der Waals surface area contributed by atoms with E-state index < -0.39 is 6.35 Å². The molecule has 0 aromatic heterocycles. The first-order valence-electron chi connectivity index (χ1n) is 7.35. The van der Waals surface area contributed by atoms with Gasteiger partial charge in [0.1, 0.15) is 5.75 Å². The van der Waals surface area contributed by atoms with Crippen LogP contribution in [0.3, 0.4) is 0 Å². The molecule has 24 heavy (non-hydrogen) atoms. The molecular formula is C18H17BrN2O3. The number of anilines is 1. The zero-order chi connectivity index (χ0) is 16.9. The van der Waals surface area contributed by atoms with Gasteiger partial charge in [-0.15, -0.1) is 0 Å². The van der Waals surface area contributed by atoms with Crippen LogP contribution in [-0.4, -0.2) is 26.5 Å². The lowest BCUT2D eigenvalue weighted by Crippen LogP contribution is -2.42. The van der Waals surface area contributed by atoms with Crippen LogP contribution in [-0.2, 0) is 9.47 Å². The van der Waals surface area contributed by atoms with Crippen molar-refractivity contribution in [2.45, 2.75) is 6.35 Å². The van der Waals surface area contributed by atoms with Crippen molar-refractivity contribution in [3.8, 4) is 5.75 Å². The molecule has 1 atom stereocenters. The molecule has 0 amide bonds. The van der Waals surface area contributed by atoms with Crippen molar-refractivity contribution >= 4 is 27.5 Å². The SMILES string of the molecule is COC1=CC(OC)=NC(Oc2ccccc2)N1c1ccc(Br)cc1. The van der Waals surface area contributed by atoms with E-state index in [1.807, 2.05) is 59.5 Å². The third-order valence-electron chi connectivity index (χ3n) is 3.45. The van der Waals surface area contributed by atoms with Crippen LogP contribution in [0.5, 0.6) is 5.75 Å². The summed E-state index contributed by atoms with van der Waals surface area (Å²) >= 11 is 3.45. The summed E-state index contributed by atoms with van der Waals surface area (Å²) in [6.07, 6.45) is 1.09. The van der Waals surface area contributed by atoms with Crippen LogP contribution in [0.4, 0.5) is 5.69 Å². The van der Waals surface area contributed by atoms with Crippen LogP contribution in [0.15, 0.2) is 76.0 Å². The number of hydrogen-bond donors (Lipinski definition) is 0. The normalized spacial score (nSPS) is 17.0. The number of methoxy groups -OCH3 is 2. The Labute approximate surface area is 149 Å². The molecule has 2 aromatic rings. The van der Waals surface area contributed by atoms with E-state index in [9.17, 15) is 0 Å². The molecule has 1 aliphatic heterocycles.